The fourth-order valence-corrected chi connectivity index (χ4v) is 4.35. The number of aliphatic hydroxyl groups is 1. The van der Waals surface area contributed by atoms with Crippen LogP contribution in [0.3, 0.4) is 0 Å². The number of rotatable bonds is 9. The Morgan fingerprint density at radius 3 is 2.39 bits per heavy atom. The molecule has 2 aromatic heterocycles. The van der Waals surface area contributed by atoms with E-state index in [9.17, 15) is 4.21 Å². The van der Waals surface area contributed by atoms with Crippen LogP contribution in [0.4, 0.5) is 0 Å². The topological polar surface area (TPSA) is 114 Å². The number of nitrogens with one attached hydrogen (secondary N) is 1. The highest BCUT2D eigenvalue weighted by molar-refractivity contribution is 7.85. The normalized spacial score (nSPS) is 12.1. The van der Waals surface area contributed by atoms with Gasteiger partial charge in [-0.3, -0.25) is 9.19 Å². The van der Waals surface area contributed by atoms with Crippen LogP contribution < -0.4 is 5.32 Å². The van der Waals surface area contributed by atoms with Gasteiger partial charge in [-0.15, -0.1) is 10.2 Å². The molecule has 0 bridgehead atoms. The molecular formula is C24H25N5O3S. The van der Waals surface area contributed by atoms with Crippen molar-refractivity contribution in [2.24, 2.45) is 0 Å². The molecule has 2 heterocycles. The van der Waals surface area contributed by atoms with Gasteiger partial charge in [0.1, 0.15) is 5.69 Å². The summed E-state index contributed by atoms with van der Waals surface area (Å²) in [6, 6.07) is 15.3. The van der Waals surface area contributed by atoms with Crippen molar-refractivity contribution in [3.05, 3.63) is 66.0 Å². The molecule has 0 fully saturated rings. The second-order valence-electron chi connectivity index (χ2n) is 7.48. The van der Waals surface area contributed by atoms with E-state index in [1.165, 1.54) is 5.56 Å². The Balaban J connectivity index is 1.57. The highest BCUT2D eigenvalue weighted by atomic mass is 32.2. The van der Waals surface area contributed by atoms with Gasteiger partial charge in [0, 0.05) is 34.9 Å². The molecule has 4 rings (SSSR count). The van der Waals surface area contributed by atoms with Crippen LogP contribution in [0.25, 0.3) is 34.3 Å². The standard InChI is InChI=1S/C24H25N5O3S/c1-16-22(24-29-28-23(32-24)19-6-4-17(5-7-19)14-25-2)27-21(15-26-16)18-8-10-20(11-9-18)33(31)13-3-12-30/h4-11,15,25,30H,3,12-14H2,1-2H3. The summed E-state index contributed by atoms with van der Waals surface area (Å²) >= 11 is 0. The summed E-state index contributed by atoms with van der Waals surface area (Å²) in [5.41, 5.74) is 4.69. The molecule has 9 heteroatoms. The Morgan fingerprint density at radius 2 is 1.70 bits per heavy atom. The fraction of sp³-hybridized carbons (Fsp3) is 0.250. The van der Waals surface area contributed by atoms with Gasteiger partial charge in [0.15, 0.2) is 0 Å². The lowest BCUT2D eigenvalue weighted by Crippen LogP contribution is -2.04. The number of benzene rings is 2. The highest BCUT2D eigenvalue weighted by Crippen LogP contribution is 2.27. The first-order chi connectivity index (χ1) is 16.1. The van der Waals surface area contributed by atoms with E-state index in [1.54, 1.807) is 6.20 Å². The van der Waals surface area contributed by atoms with Gasteiger partial charge in [-0.1, -0.05) is 24.3 Å². The summed E-state index contributed by atoms with van der Waals surface area (Å²) in [5, 5.41) is 20.4. The predicted octanol–water partition coefficient (Wildman–Crippen LogP) is 3.38. The molecule has 0 spiro atoms. The van der Waals surface area contributed by atoms with E-state index < -0.39 is 10.8 Å². The Kier molecular flexibility index (Phi) is 7.33. The number of aliphatic hydroxyl groups excluding tert-OH is 1. The van der Waals surface area contributed by atoms with Gasteiger partial charge in [0.2, 0.25) is 5.89 Å². The van der Waals surface area contributed by atoms with Crippen molar-refractivity contribution in [1.82, 2.24) is 25.5 Å². The maximum absolute atomic E-state index is 12.2. The quantitative estimate of drug-likeness (QED) is 0.388. The smallest absolute Gasteiger partial charge is 0.268 e. The molecule has 2 N–H and O–H groups in total. The van der Waals surface area contributed by atoms with Crippen LogP contribution in [0.1, 0.15) is 17.7 Å². The summed E-state index contributed by atoms with van der Waals surface area (Å²) < 4.78 is 18.2. The molecule has 0 saturated carbocycles. The average molecular weight is 464 g/mol. The molecule has 4 aromatic rings. The van der Waals surface area contributed by atoms with Gasteiger partial charge in [0.05, 0.1) is 28.4 Å². The lowest BCUT2D eigenvalue weighted by Gasteiger charge is -2.06. The SMILES string of the molecule is CNCc1ccc(-c2nnc(-c3nc(-c4ccc(S(=O)CCCO)cc4)cnc3C)o2)cc1. The first-order valence-corrected chi connectivity index (χ1v) is 11.9. The van der Waals surface area contributed by atoms with E-state index in [4.69, 9.17) is 14.5 Å². The molecular weight excluding hydrogens is 438 g/mol. The van der Waals surface area contributed by atoms with Gasteiger partial charge >= 0.3 is 0 Å². The summed E-state index contributed by atoms with van der Waals surface area (Å²) in [7, 11) is 0.770. The fourth-order valence-electron chi connectivity index (χ4n) is 3.29. The van der Waals surface area contributed by atoms with Crippen molar-refractivity contribution >= 4 is 10.8 Å². The van der Waals surface area contributed by atoms with Gasteiger partial charge in [-0.2, -0.15) is 0 Å². The number of nitrogens with zero attached hydrogens (tertiary/aromatic N) is 4. The molecule has 0 aliphatic carbocycles. The molecule has 2 aromatic carbocycles. The third-order valence-electron chi connectivity index (χ3n) is 5.07. The van der Waals surface area contributed by atoms with E-state index in [0.29, 0.717) is 41.0 Å². The Hall–Kier alpha value is -3.27. The van der Waals surface area contributed by atoms with Crippen LogP contribution in [-0.2, 0) is 17.3 Å². The molecule has 0 saturated heterocycles. The van der Waals surface area contributed by atoms with E-state index in [1.807, 2.05) is 62.5 Å². The van der Waals surface area contributed by atoms with Crippen LogP contribution in [0.2, 0.25) is 0 Å². The summed E-state index contributed by atoms with van der Waals surface area (Å²) in [6.07, 6.45) is 2.20. The molecule has 0 aliphatic rings. The highest BCUT2D eigenvalue weighted by Gasteiger charge is 2.16. The lowest BCUT2D eigenvalue weighted by molar-refractivity contribution is 0.296. The molecule has 0 aliphatic heterocycles. The van der Waals surface area contributed by atoms with Crippen LogP contribution in [-0.4, -0.2) is 48.9 Å². The minimum atomic E-state index is -1.14. The van der Waals surface area contributed by atoms with E-state index in [0.717, 1.165) is 22.6 Å². The second-order valence-corrected chi connectivity index (χ2v) is 9.05. The Labute approximate surface area is 194 Å². The van der Waals surface area contributed by atoms with Crippen molar-refractivity contribution in [2.75, 3.05) is 19.4 Å². The number of aromatic nitrogens is 4. The first-order valence-electron chi connectivity index (χ1n) is 10.6. The second kappa shape index (κ2) is 10.6. The van der Waals surface area contributed by atoms with Crippen molar-refractivity contribution in [3.63, 3.8) is 0 Å². The molecule has 1 unspecified atom stereocenters. The van der Waals surface area contributed by atoms with Crippen molar-refractivity contribution in [3.8, 4) is 34.3 Å². The zero-order valence-corrected chi connectivity index (χ0v) is 19.3. The molecule has 1 atom stereocenters. The Bertz CT molecular complexity index is 1240. The zero-order valence-electron chi connectivity index (χ0n) is 18.5. The van der Waals surface area contributed by atoms with Crippen molar-refractivity contribution in [1.29, 1.82) is 0 Å². The minimum absolute atomic E-state index is 0.0323. The van der Waals surface area contributed by atoms with Crippen LogP contribution in [0.5, 0.6) is 0 Å². The van der Waals surface area contributed by atoms with E-state index in [2.05, 4.69) is 20.5 Å². The minimum Gasteiger partial charge on any atom is -0.415 e. The monoisotopic (exact) mass is 463 g/mol. The maximum atomic E-state index is 12.2. The van der Waals surface area contributed by atoms with E-state index >= 15 is 0 Å². The summed E-state index contributed by atoms with van der Waals surface area (Å²) in [6.45, 7) is 2.66. The van der Waals surface area contributed by atoms with Gasteiger partial charge in [-0.05, 0) is 50.2 Å². The van der Waals surface area contributed by atoms with E-state index in [-0.39, 0.29) is 6.61 Å². The molecule has 33 heavy (non-hydrogen) atoms. The van der Waals surface area contributed by atoms with Crippen LogP contribution in [0, 0.1) is 6.92 Å². The first kappa shape index (κ1) is 22.9. The number of aryl methyl sites for hydroxylation is 1. The number of hydrogen-bond acceptors (Lipinski definition) is 8. The third kappa shape index (κ3) is 5.39. The third-order valence-corrected chi connectivity index (χ3v) is 6.52. The predicted molar refractivity (Wildman–Crippen MR) is 127 cm³/mol. The van der Waals surface area contributed by atoms with Gasteiger partial charge < -0.3 is 14.8 Å². The Morgan fingerprint density at radius 1 is 1.00 bits per heavy atom. The largest absolute Gasteiger partial charge is 0.415 e. The molecule has 170 valence electrons. The van der Waals surface area contributed by atoms with Crippen LogP contribution >= 0.6 is 0 Å². The van der Waals surface area contributed by atoms with Crippen LogP contribution in [0.15, 0.2) is 64.0 Å². The molecule has 8 nitrogen and oxygen atoms in total. The molecule has 0 amide bonds. The van der Waals surface area contributed by atoms with Gasteiger partial charge in [-0.25, -0.2) is 4.98 Å². The zero-order chi connectivity index (χ0) is 23.2. The average Bonchev–Trinajstić information content (AvgIpc) is 3.34. The van der Waals surface area contributed by atoms with Crippen molar-refractivity contribution < 1.29 is 13.7 Å². The number of hydrogen-bond donors (Lipinski definition) is 2. The van der Waals surface area contributed by atoms with Crippen molar-refractivity contribution in [2.45, 2.75) is 24.8 Å². The molecule has 0 radical (unpaired) electrons. The van der Waals surface area contributed by atoms with Gasteiger partial charge in [0.25, 0.3) is 5.89 Å². The lowest BCUT2D eigenvalue weighted by atomic mass is 10.1. The summed E-state index contributed by atoms with van der Waals surface area (Å²) in [5.74, 6) is 1.15. The maximum Gasteiger partial charge on any atom is 0.268 e. The summed E-state index contributed by atoms with van der Waals surface area (Å²) in [4.78, 5) is 9.88.